The van der Waals surface area contributed by atoms with Gasteiger partial charge in [0.25, 0.3) is 0 Å². The quantitative estimate of drug-likeness (QED) is 0.872. The van der Waals surface area contributed by atoms with Crippen LogP contribution in [0.3, 0.4) is 0 Å². The van der Waals surface area contributed by atoms with Gasteiger partial charge in [-0.05, 0) is 13.0 Å². The fraction of sp³-hybridized carbons (Fsp3) is 0.556. The van der Waals surface area contributed by atoms with Gasteiger partial charge in [-0.25, -0.2) is 13.1 Å². The Labute approximate surface area is 106 Å². The van der Waals surface area contributed by atoms with Gasteiger partial charge < -0.3 is 5.11 Å². The highest BCUT2D eigenvalue weighted by Gasteiger charge is 2.32. The van der Waals surface area contributed by atoms with E-state index >= 15 is 0 Å². The van der Waals surface area contributed by atoms with Crippen molar-refractivity contribution < 1.29 is 26.7 Å². The highest BCUT2D eigenvalue weighted by molar-refractivity contribution is 7.89. The van der Waals surface area contributed by atoms with E-state index in [0.717, 1.165) is 18.3 Å². The summed E-state index contributed by atoms with van der Waals surface area (Å²) in [6.07, 6.45) is -5.66. The minimum Gasteiger partial charge on any atom is -0.391 e. The summed E-state index contributed by atoms with van der Waals surface area (Å²) in [5.74, 6) is 0. The Morgan fingerprint density at radius 2 is 2.11 bits per heavy atom. The Morgan fingerprint density at radius 3 is 2.56 bits per heavy atom. The molecule has 0 bridgehead atoms. The summed E-state index contributed by atoms with van der Waals surface area (Å²) in [4.78, 5) is 0.296. The molecule has 1 heterocycles. The van der Waals surface area contributed by atoms with E-state index in [1.165, 1.54) is 11.4 Å². The normalized spacial score (nSPS) is 14.7. The van der Waals surface area contributed by atoms with E-state index in [1.807, 2.05) is 4.72 Å². The van der Waals surface area contributed by atoms with Crippen LogP contribution in [0.25, 0.3) is 0 Å². The first-order chi connectivity index (χ1) is 8.14. The standard InChI is InChI=1S/C9H12F3NO3S2/c1-6(3-9(10,11)12)13-18(15,16)8-2-7(4-14)17-5-8/h2,5-6,13-14H,3-4H2,1H3. The molecule has 1 aromatic heterocycles. The van der Waals surface area contributed by atoms with Crippen LogP contribution in [0.15, 0.2) is 16.3 Å². The molecule has 1 aromatic rings. The van der Waals surface area contributed by atoms with Gasteiger partial charge in [-0.15, -0.1) is 11.3 Å². The van der Waals surface area contributed by atoms with Gasteiger partial charge in [0.1, 0.15) is 0 Å². The maximum Gasteiger partial charge on any atom is 0.390 e. The van der Waals surface area contributed by atoms with Crippen molar-refractivity contribution in [2.45, 2.75) is 37.1 Å². The number of rotatable bonds is 5. The fourth-order valence-corrected chi connectivity index (χ4v) is 3.68. The molecule has 0 saturated carbocycles. The van der Waals surface area contributed by atoms with Crippen LogP contribution in [-0.2, 0) is 16.6 Å². The van der Waals surface area contributed by atoms with Gasteiger partial charge in [0, 0.05) is 16.3 Å². The zero-order valence-electron chi connectivity index (χ0n) is 9.36. The number of halogens is 3. The van der Waals surface area contributed by atoms with E-state index in [4.69, 9.17) is 5.11 Å². The molecular weight excluding hydrogens is 291 g/mol. The summed E-state index contributed by atoms with van der Waals surface area (Å²) in [5.41, 5.74) is 0. The zero-order chi connectivity index (χ0) is 14.0. The molecule has 0 radical (unpaired) electrons. The number of alkyl halides is 3. The molecule has 1 atom stereocenters. The molecule has 0 aliphatic carbocycles. The number of aliphatic hydroxyl groups excluding tert-OH is 1. The first-order valence-corrected chi connectivity index (χ1v) is 7.27. The Bertz CT molecular complexity index is 495. The summed E-state index contributed by atoms with van der Waals surface area (Å²) in [5, 5.41) is 10.1. The number of hydrogen-bond acceptors (Lipinski definition) is 4. The van der Waals surface area contributed by atoms with Crippen molar-refractivity contribution in [2.24, 2.45) is 0 Å². The Kier molecular flexibility index (Phi) is 4.76. The van der Waals surface area contributed by atoms with Crippen LogP contribution in [0.2, 0.25) is 0 Å². The molecule has 0 aromatic carbocycles. The number of hydrogen-bond donors (Lipinski definition) is 2. The first-order valence-electron chi connectivity index (χ1n) is 4.91. The third-order valence-electron chi connectivity index (χ3n) is 1.99. The smallest absolute Gasteiger partial charge is 0.390 e. The Hall–Kier alpha value is -0.640. The second-order valence-corrected chi connectivity index (χ2v) is 6.46. The molecule has 104 valence electrons. The molecular formula is C9H12F3NO3S2. The summed E-state index contributed by atoms with van der Waals surface area (Å²) in [6, 6.07) is -0.0136. The summed E-state index contributed by atoms with van der Waals surface area (Å²) in [6.45, 7) is 0.836. The molecule has 0 saturated heterocycles. The lowest BCUT2D eigenvalue weighted by Crippen LogP contribution is -2.35. The van der Waals surface area contributed by atoms with E-state index in [2.05, 4.69) is 0 Å². The number of thiophene rings is 1. The maximum atomic E-state index is 12.1. The van der Waals surface area contributed by atoms with Crippen molar-refractivity contribution in [3.8, 4) is 0 Å². The highest BCUT2D eigenvalue weighted by atomic mass is 32.2. The van der Waals surface area contributed by atoms with Crippen molar-refractivity contribution in [1.82, 2.24) is 4.72 Å². The first kappa shape index (κ1) is 15.4. The molecule has 18 heavy (non-hydrogen) atoms. The lowest BCUT2D eigenvalue weighted by molar-refractivity contribution is -0.137. The van der Waals surface area contributed by atoms with Gasteiger partial charge in [-0.3, -0.25) is 0 Å². The van der Waals surface area contributed by atoms with Crippen LogP contribution in [0.1, 0.15) is 18.2 Å². The SMILES string of the molecule is CC(CC(F)(F)F)NS(=O)(=O)c1csc(CO)c1. The van der Waals surface area contributed by atoms with Crippen LogP contribution >= 0.6 is 11.3 Å². The molecule has 2 N–H and O–H groups in total. The van der Waals surface area contributed by atoms with Crippen molar-refractivity contribution in [3.05, 3.63) is 16.3 Å². The lowest BCUT2D eigenvalue weighted by Gasteiger charge is -2.15. The average molecular weight is 303 g/mol. The second-order valence-electron chi connectivity index (χ2n) is 3.75. The summed E-state index contributed by atoms with van der Waals surface area (Å²) >= 11 is 1.03. The van der Waals surface area contributed by atoms with Crippen molar-refractivity contribution in [2.75, 3.05) is 0 Å². The largest absolute Gasteiger partial charge is 0.391 e. The monoisotopic (exact) mass is 303 g/mol. The predicted octanol–water partition coefficient (Wildman–Crippen LogP) is 1.86. The molecule has 9 heteroatoms. The average Bonchev–Trinajstić information content (AvgIpc) is 2.61. The van der Waals surface area contributed by atoms with Crippen LogP contribution in [0, 0.1) is 0 Å². The molecule has 4 nitrogen and oxygen atoms in total. The van der Waals surface area contributed by atoms with Crippen LogP contribution in [0.4, 0.5) is 13.2 Å². The highest BCUT2D eigenvalue weighted by Crippen LogP contribution is 2.23. The minimum absolute atomic E-state index is 0.134. The minimum atomic E-state index is -4.42. The van der Waals surface area contributed by atoms with Crippen LogP contribution in [0.5, 0.6) is 0 Å². The lowest BCUT2D eigenvalue weighted by atomic mass is 10.2. The van der Waals surface area contributed by atoms with E-state index in [9.17, 15) is 21.6 Å². The molecule has 0 fully saturated rings. The third-order valence-corrected chi connectivity index (χ3v) is 4.63. The van der Waals surface area contributed by atoms with E-state index < -0.39 is 28.7 Å². The molecule has 0 spiro atoms. The van der Waals surface area contributed by atoms with Gasteiger partial charge in [0.15, 0.2) is 0 Å². The number of sulfonamides is 1. The fourth-order valence-electron chi connectivity index (χ4n) is 1.31. The maximum absolute atomic E-state index is 12.1. The summed E-state index contributed by atoms with van der Waals surface area (Å²) < 4.78 is 61.6. The van der Waals surface area contributed by atoms with Crippen LogP contribution in [-0.4, -0.2) is 25.7 Å². The van der Waals surface area contributed by atoms with Gasteiger partial charge in [-0.1, -0.05) is 0 Å². The van der Waals surface area contributed by atoms with Gasteiger partial charge >= 0.3 is 6.18 Å². The van der Waals surface area contributed by atoms with Crippen molar-refractivity contribution in [1.29, 1.82) is 0 Å². The predicted molar refractivity (Wildman–Crippen MR) is 60.7 cm³/mol. The van der Waals surface area contributed by atoms with Gasteiger partial charge in [0.2, 0.25) is 10.0 Å². The zero-order valence-corrected chi connectivity index (χ0v) is 11.0. The van der Waals surface area contributed by atoms with Crippen molar-refractivity contribution in [3.63, 3.8) is 0 Å². The van der Waals surface area contributed by atoms with Crippen LogP contribution < -0.4 is 4.72 Å². The van der Waals surface area contributed by atoms with Gasteiger partial charge in [-0.2, -0.15) is 13.2 Å². The second kappa shape index (κ2) is 5.55. The molecule has 1 unspecified atom stereocenters. The molecule has 0 aliphatic rings. The van der Waals surface area contributed by atoms with E-state index in [1.54, 1.807) is 0 Å². The molecule has 1 rings (SSSR count). The number of aliphatic hydroxyl groups is 1. The molecule has 0 amide bonds. The van der Waals surface area contributed by atoms with E-state index in [0.29, 0.717) is 4.88 Å². The van der Waals surface area contributed by atoms with E-state index in [-0.39, 0.29) is 11.5 Å². The van der Waals surface area contributed by atoms with Gasteiger partial charge in [0.05, 0.1) is 17.9 Å². The molecule has 0 aliphatic heterocycles. The Balaban J connectivity index is 2.76. The summed E-state index contributed by atoms with van der Waals surface area (Å²) in [7, 11) is -3.97. The third kappa shape index (κ3) is 4.56. The topological polar surface area (TPSA) is 66.4 Å². The number of nitrogens with one attached hydrogen (secondary N) is 1. The van der Waals surface area contributed by atoms with Crippen molar-refractivity contribution >= 4 is 21.4 Å². The Morgan fingerprint density at radius 1 is 1.50 bits per heavy atom.